The summed E-state index contributed by atoms with van der Waals surface area (Å²) in [6, 6.07) is 0. The molecular weight excluding hydrogens is 162 g/mol. The van der Waals surface area contributed by atoms with Crippen LogP contribution in [-0.2, 0) is 4.79 Å². The van der Waals surface area contributed by atoms with Crippen molar-refractivity contribution in [3.63, 3.8) is 0 Å². The van der Waals surface area contributed by atoms with Gasteiger partial charge in [0, 0.05) is 13.6 Å². The molecule has 74 valence electrons. The molecule has 13 heavy (non-hydrogen) atoms. The Bertz CT molecular complexity index is 225. The van der Waals surface area contributed by atoms with Gasteiger partial charge in [0.25, 0.3) is 0 Å². The van der Waals surface area contributed by atoms with Gasteiger partial charge >= 0.3 is 0 Å². The van der Waals surface area contributed by atoms with Crippen LogP contribution in [0.1, 0.15) is 27.2 Å². The minimum Gasteiger partial charge on any atom is -0.345 e. The van der Waals surface area contributed by atoms with Crippen molar-refractivity contribution >= 4 is 5.91 Å². The van der Waals surface area contributed by atoms with Crippen LogP contribution in [0.4, 0.5) is 0 Å². The fourth-order valence-corrected chi connectivity index (χ4v) is 1.59. The molecule has 2 nitrogen and oxygen atoms in total. The fourth-order valence-electron chi connectivity index (χ4n) is 1.59. The molecule has 0 aliphatic carbocycles. The van der Waals surface area contributed by atoms with Gasteiger partial charge in [0.15, 0.2) is 0 Å². The van der Waals surface area contributed by atoms with E-state index in [9.17, 15) is 4.79 Å². The lowest BCUT2D eigenvalue weighted by atomic mass is 9.80. The van der Waals surface area contributed by atoms with E-state index in [-0.39, 0.29) is 17.2 Å². The van der Waals surface area contributed by atoms with Crippen molar-refractivity contribution in [2.24, 2.45) is 11.3 Å². The first-order chi connectivity index (χ1) is 5.93. The average molecular weight is 181 g/mol. The van der Waals surface area contributed by atoms with Gasteiger partial charge in [0.2, 0.25) is 5.91 Å². The van der Waals surface area contributed by atoms with Crippen LogP contribution in [0.5, 0.6) is 0 Å². The predicted octanol–water partition coefficient (Wildman–Crippen LogP) is 2.07. The zero-order valence-electron chi connectivity index (χ0n) is 9.00. The molecule has 1 aliphatic rings. The molecule has 1 aliphatic heterocycles. The highest BCUT2D eigenvalue weighted by molar-refractivity contribution is 5.81. The molecular formula is C11H19NO. The van der Waals surface area contributed by atoms with Crippen LogP contribution in [0.15, 0.2) is 12.2 Å². The zero-order valence-corrected chi connectivity index (χ0v) is 9.00. The van der Waals surface area contributed by atoms with Gasteiger partial charge in [-0.2, -0.15) is 0 Å². The first-order valence-corrected chi connectivity index (χ1v) is 4.84. The molecule has 0 fully saturated rings. The fraction of sp³-hybridized carbons (Fsp3) is 0.727. The molecule has 0 saturated carbocycles. The second kappa shape index (κ2) is 3.52. The highest BCUT2D eigenvalue weighted by atomic mass is 16.2. The second-order valence-electron chi connectivity index (χ2n) is 4.82. The van der Waals surface area contributed by atoms with Gasteiger partial charge in [-0.25, -0.2) is 0 Å². The Morgan fingerprint density at radius 2 is 2.08 bits per heavy atom. The number of rotatable bonds is 0. The molecule has 2 heteroatoms. The topological polar surface area (TPSA) is 20.3 Å². The van der Waals surface area contributed by atoms with Gasteiger partial charge in [-0.1, -0.05) is 32.9 Å². The van der Waals surface area contributed by atoms with E-state index in [0.717, 1.165) is 13.0 Å². The summed E-state index contributed by atoms with van der Waals surface area (Å²) < 4.78 is 0. The molecule has 1 amide bonds. The van der Waals surface area contributed by atoms with Crippen LogP contribution in [0.3, 0.4) is 0 Å². The smallest absolute Gasteiger partial charge is 0.229 e. The molecule has 0 saturated heterocycles. The SMILES string of the molecule is CN1CCC=CC(C(C)(C)C)C1=O. The second-order valence-corrected chi connectivity index (χ2v) is 4.82. The highest BCUT2D eigenvalue weighted by Crippen LogP contribution is 2.29. The molecule has 0 aromatic heterocycles. The van der Waals surface area contributed by atoms with Crippen LogP contribution in [-0.4, -0.2) is 24.4 Å². The Morgan fingerprint density at radius 1 is 1.46 bits per heavy atom. The highest BCUT2D eigenvalue weighted by Gasteiger charge is 2.31. The Kier molecular flexibility index (Phi) is 2.79. The number of hydrogen-bond acceptors (Lipinski definition) is 1. The van der Waals surface area contributed by atoms with Gasteiger partial charge in [0.05, 0.1) is 5.92 Å². The lowest BCUT2D eigenvalue weighted by Crippen LogP contribution is -2.37. The molecule has 0 bridgehead atoms. The van der Waals surface area contributed by atoms with Crippen LogP contribution in [0.2, 0.25) is 0 Å². The third kappa shape index (κ3) is 2.33. The van der Waals surface area contributed by atoms with Crippen molar-refractivity contribution in [1.82, 2.24) is 4.90 Å². The van der Waals surface area contributed by atoms with Crippen molar-refractivity contribution in [1.29, 1.82) is 0 Å². The summed E-state index contributed by atoms with van der Waals surface area (Å²) in [5.41, 5.74) is 0.0339. The largest absolute Gasteiger partial charge is 0.345 e. The lowest BCUT2D eigenvalue weighted by molar-refractivity contribution is -0.135. The summed E-state index contributed by atoms with van der Waals surface area (Å²) in [7, 11) is 1.88. The third-order valence-electron chi connectivity index (χ3n) is 2.53. The van der Waals surface area contributed by atoms with Crippen molar-refractivity contribution in [3.8, 4) is 0 Å². The minimum absolute atomic E-state index is 0.0339. The van der Waals surface area contributed by atoms with Crippen molar-refractivity contribution < 1.29 is 4.79 Å². The zero-order chi connectivity index (χ0) is 10.1. The number of hydrogen-bond donors (Lipinski definition) is 0. The van der Waals surface area contributed by atoms with E-state index in [2.05, 4.69) is 32.9 Å². The molecule has 1 rings (SSSR count). The normalized spacial score (nSPS) is 24.8. The summed E-state index contributed by atoms with van der Waals surface area (Å²) in [6.07, 6.45) is 5.16. The van der Waals surface area contributed by atoms with E-state index >= 15 is 0 Å². The summed E-state index contributed by atoms with van der Waals surface area (Å²) in [4.78, 5) is 13.7. The van der Waals surface area contributed by atoms with Gasteiger partial charge in [0.1, 0.15) is 0 Å². The minimum atomic E-state index is 0.0339. The van der Waals surface area contributed by atoms with Gasteiger partial charge in [-0.3, -0.25) is 4.79 Å². The summed E-state index contributed by atoms with van der Waals surface area (Å²) in [6.45, 7) is 7.18. The molecule has 0 aromatic rings. The molecule has 0 radical (unpaired) electrons. The van der Waals surface area contributed by atoms with Crippen LogP contribution in [0, 0.1) is 11.3 Å². The molecule has 1 heterocycles. The van der Waals surface area contributed by atoms with E-state index in [0.29, 0.717) is 0 Å². The maximum atomic E-state index is 11.9. The standard InChI is InChI=1S/C11H19NO/c1-11(2,3)9-7-5-6-8-12(4)10(9)13/h5,7,9H,6,8H2,1-4H3. The monoisotopic (exact) mass is 181 g/mol. The van der Waals surface area contributed by atoms with E-state index in [1.165, 1.54) is 0 Å². The number of amides is 1. The van der Waals surface area contributed by atoms with Crippen molar-refractivity contribution in [2.75, 3.05) is 13.6 Å². The van der Waals surface area contributed by atoms with Crippen molar-refractivity contribution in [3.05, 3.63) is 12.2 Å². The summed E-state index contributed by atoms with van der Waals surface area (Å²) in [5.74, 6) is 0.293. The molecule has 0 aromatic carbocycles. The van der Waals surface area contributed by atoms with Crippen LogP contribution >= 0.6 is 0 Å². The maximum absolute atomic E-state index is 11.9. The number of nitrogens with zero attached hydrogens (tertiary/aromatic N) is 1. The predicted molar refractivity (Wildman–Crippen MR) is 54.3 cm³/mol. The van der Waals surface area contributed by atoms with Gasteiger partial charge in [-0.15, -0.1) is 0 Å². The van der Waals surface area contributed by atoms with E-state index < -0.39 is 0 Å². The van der Waals surface area contributed by atoms with Gasteiger partial charge < -0.3 is 4.90 Å². The third-order valence-corrected chi connectivity index (χ3v) is 2.53. The average Bonchev–Trinajstić information content (AvgIpc) is 2.14. The van der Waals surface area contributed by atoms with Crippen molar-refractivity contribution in [2.45, 2.75) is 27.2 Å². The van der Waals surface area contributed by atoms with E-state index in [1.54, 1.807) is 0 Å². The van der Waals surface area contributed by atoms with Crippen LogP contribution in [0.25, 0.3) is 0 Å². The van der Waals surface area contributed by atoms with E-state index in [4.69, 9.17) is 0 Å². The van der Waals surface area contributed by atoms with Crippen LogP contribution < -0.4 is 0 Å². The summed E-state index contributed by atoms with van der Waals surface area (Å²) in [5, 5.41) is 0. The van der Waals surface area contributed by atoms with Gasteiger partial charge in [-0.05, 0) is 11.8 Å². The number of carbonyl (C=O) groups is 1. The Hall–Kier alpha value is -0.790. The molecule has 1 unspecified atom stereocenters. The Labute approximate surface area is 80.6 Å². The van der Waals surface area contributed by atoms with E-state index in [1.807, 2.05) is 11.9 Å². The molecule has 1 atom stereocenters. The first-order valence-electron chi connectivity index (χ1n) is 4.84. The quantitative estimate of drug-likeness (QED) is 0.524. The Balaban J connectivity index is 2.87. The lowest BCUT2D eigenvalue weighted by Gasteiger charge is -2.29. The maximum Gasteiger partial charge on any atom is 0.229 e. The number of carbonyl (C=O) groups excluding carboxylic acids is 1. The first kappa shape index (κ1) is 10.3. The summed E-state index contributed by atoms with van der Waals surface area (Å²) >= 11 is 0. The molecule has 0 spiro atoms. The Morgan fingerprint density at radius 3 is 2.62 bits per heavy atom. The molecule has 0 N–H and O–H groups in total.